The van der Waals surface area contributed by atoms with E-state index in [1.807, 2.05) is 12.1 Å². The number of nitrogens with zero attached hydrogens (tertiary/aromatic N) is 1. The smallest absolute Gasteiger partial charge is 0.118 e. The first kappa shape index (κ1) is 16.7. The largest absolute Gasteiger partial charge is 0.497 e. The molecule has 0 spiro atoms. The molecule has 0 unspecified atom stereocenters. The monoisotopic (exact) mass is 318 g/mol. The highest BCUT2D eigenvalue weighted by atomic mass is 16.5. The Morgan fingerprint density at radius 3 is 2.83 bits per heavy atom. The highest BCUT2D eigenvalue weighted by Gasteiger charge is 2.32. The van der Waals surface area contributed by atoms with Crippen molar-refractivity contribution >= 4 is 0 Å². The van der Waals surface area contributed by atoms with Gasteiger partial charge in [0, 0.05) is 25.2 Å². The van der Waals surface area contributed by atoms with Crippen molar-refractivity contribution in [2.75, 3.05) is 33.4 Å². The van der Waals surface area contributed by atoms with Gasteiger partial charge < -0.3 is 14.8 Å². The molecule has 4 atom stereocenters. The molecule has 128 valence electrons. The summed E-state index contributed by atoms with van der Waals surface area (Å²) in [7, 11) is 1.71. The summed E-state index contributed by atoms with van der Waals surface area (Å²) in [5.74, 6) is 1.38. The van der Waals surface area contributed by atoms with Crippen molar-refractivity contribution < 1.29 is 9.47 Å². The average Bonchev–Trinajstić information content (AvgIpc) is 3.06. The number of ether oxygens (including phenoxy) is 2. The van der Waals surface area contributed by atoms with Crippen LogP contribution in [0, 0.1) is 0 Å². The van der Waals surface area contributed by atoms with Gasteiger partial charge in [-0.1, -0.05) is 19.1 Å². The van der Waals surface area contributed by atoms with E-state index in [1.54, 1.807) is 7.11 Å². The van der Waals surface area contributed by atoms with Gasteiger partial charge in [-0.05, 0) is 49.9 Å². The SMILES string of the molecule is COc1ccc([C@H](C)[C@H](C)NC[C@H]2CN3CCC[C@@H]3CO2)cc1. The highest BCUT2D eigenvalue weighted by Crippen LogP contribution is 2.24. The molecular formula is C19H30N2O2. The van der Waals surface area contributed by atoms with Crippen LogP contribution in [0.5, 0.6) is 5.75 Å². The number of methoxy groups -OCH3 is 1. The molecule has 2 aliphatic rings. The fourth-order valence-corrected chi connectivity index (χ4v) is 3.70. The lowest BCUT2D eigenvalue weighted by Gasteiger charge is -2.36. The maximum atomic E-state index is 6.04. The standard InChI is InChI=1S/C19H30N2O2/c1-14(16-6-8-18(22-3)9-7-16)15(2)20-11-19-12-21-10-4-5-17(21)13-23-19/h6-9,14-15,17,19-20H,4-5,10-13H2,1-3H3/t14-,15+,17-,19+/m1/s1. The summed E-state index contributed by atoms with van der Waals surface area (Å²) in [5.41, 5.74) is 1.34. The van der Waals surface area contributed by atoms with Gasteiger partial charge in [0.1, 0.15) is 5.75 Å². The molecule has 0 aromatic heterocycles. The van der Waals surface area contributed by atoms with Crippen LogP contribution in [0.25, 0.3) is 0 Å². The Kier molecular flexibility index (Phi) is 5.57. The predicted octanol–water partition coefficient (Wildman–Crippen LogP) is 2.64. The van der Waals surface area contributed by atoms with Gasteiger partial charge in [-0.3, -0.25) is 4.90 Å². The minimum absolute atomic E-state index is 0.329. The molecule has 0 bridgehead atoms. The van der Waals surface area contributed by atoms with Gasteiger partial charge >= 0.3 is 0 Å². The molecule has 1 N–H and O–H groups in total. The maximum Gasteiger partial charge on any atom is 0.118 e. The van der Waals surface area contributed by atoms with E-state index in [0.717, 1.165) is 25.4 Å². The van der Waals surface area contributed by atoms with E-state index < -0.39 is 0 Å². The first-order valence-electron chi connectivity index (χ1n) is 8.90. The van der Waals surface area contributed by atoms with Crippen LogP contribution in [0.1, 0.15) is 38.2 Å². The highest BCUT2D eigenvalue weighted by molar-refractivity contribution is 5.29. The molecule has 0 aliphatic carbocycles. The molecule has 1 aromatic carbocycles. The molecular weight excluding hydrogens is 288 g/mol. The normalized spacial score (nSPS) is 27.4. The van der Waals surface area contributed by atoms with Crippen molar-refractivity contribution in [1.82, 2.24) is 10.2 Å². The summed E-state index contributed by atoms with van der Waals surface area (Å²) in [5, 5.41) is 3.68. The van der Waals surface area contributed by atoms with Crippen molar-refractivity contribution in [2.24, 2.45) is 0 Å². The number of hydrogen-bond acceptors (Lipinski definition) is 4. The van der Waals surface area contributed by atoms with Crippen LogP contribution < -0.4 is 10.1 Å². The third-order valence-electron chi connectivity index (χ3n) is 5.52. The topological polar surface area (TPSA) is 33.7 Å². The maximum absolute atomic E-state index is 6.04. The Morgan fingerprint density at radius 1 is 1.30 bits per heavy atom. The predicted molar refractivity (Wildman–Crippen MR) is 93.2 cm³/mol. The lowest BCUT2D eigenvalue weighted by atomic mass is 9.94. The van der Waals surface area contributed by atoms with Crippen molar-refractivity contribution in [3.05, 3.63) is 29.8 Å². The van der Waals surface area contributed by atoms with E-state index in [9.17, 15) is 0 Å². The number of rotatable bonds is 6. The van der Waals surface area contributed by atoms with Crippen LogP contribution in [0.3, 0.4) is 0 Å². The van der Waals surface area contributed by atoms with Gasteiger partial charge in [-0.15, -0.1) is 0 Å². The Bertz CT molecular complexity index is 491. The van der Waals surface area contributed by atoms with Gasteiger partial charge in [-0.2, -0.15) is 0 Å². The van der Waals surface area contributed by atoms with Gasteiger partial charge in [-0.25, -0.2) is 0 Å². The summed E-state index contributed by atoms with van der Waals surface area (Å²) >= 11 is 0. The third-order valence-corrected chi connectivity index (χ3v) is 5.52. The molecule has 1 aromatic rings. The molecule has 4 heteroatoms. The number of morpholine rings is 1. The van der Waals surface area contributed by atoms with E-state index in [0.29, 0.717) is 24.1 Å². The first-order valence-corrected chi connectivity index (χ1v) is 8.90. The Hall–Kier alpha value is -1.10. The van der Waals surface area contributed by atoms with Crippen LogP contribution in [0.4, 0.5) is 0 Å². The molecule has 3 rings (SSSR count). The Balaban J connectivity index is 1.47. The van der Waals surface area contributed by atoms with Crippen LogP contribution in [-0.4, -0.2) is 56.4 Å². The summed E-state index contributed by atoms with van der Waals surface area (Å²) < 4.78 is 11.3. The number of hydrogen-bond donors (Lipinski definition) is 1. The van der Waals surface area contributed by atoms with Crippen molar-refractivity contribution in [3.8, 4) is 5.75 Å². The lowest BCUT2D eigenvalue weighted by Crippen LogP contribution is -2.50. The number of fused-ring (bicyclic) bond motifs is 1. The number of benzene rings is 1. The summed E-state index contributed by atoms with van der Waals surface area (Å²) in [4.78, 5) is 2.60. The van der Waals surface area contributed by atoms with Gasteiger partial charge in [0.05, 0.1) is 19.8 Å². The molecule has 2 aliphatic heterocycles. The van der Waals surface area contributed by atoms with Crippen molar-refractivity contribution in [3.63, 3.8) is 0 Å². The molecule has 2 fully saturated rings. The first-order chi connectivity index (χ1) is 11.2. The van der Waals surface area contributed by atoms with E-state index in [-0.39, 0.29) is 0 Å². The zero-order valence-corrected chi connectivity index (χ0v) is 14.6. The van der Waals surface area contributed by atoms with Crippen LogP contribution in [0.2, 0.25) is 0 Å². The fourth-order valence-electron chi connectivity index (χ4n) is 3.70. The zero-order chi connectivity index (χ0) is 16.2. The minimum atomic E-state index is 0.329. The second-order valence-corrected chi connectivity index (χ2v) is 7.01. The van der Waals surface area contributed by atoms with Gasteiger partial charge in [0.2, 0.25) is 0 Å². The summed E-state index contributed by atoms with van der Waals surface area (Å²) in [6, 6.07) is 9.50. The molecule has 0 radical (unpaired) electrons. The molecule has 2 saturated heterocycles. The summed E-state index contributed by atoms with van der Waals surface area (Å²) in [6.07, 6.45) is 2.97. The number of nitrogens with one attached hydrogen (secondary N) is 1. The quantitative estimate of drug-likeness (QED) is 0.874. The van der Waals surface area contributed by atoms with Crippen molar-refractivity contribution in [1.29, 1.82) is 0 Å². The molecule has 2 heterocycles. The average molecular weight is 318 g/mol. The minimum Gasteiger partial charge on any atom is -0.497 e. The molecule has 0 amide bonds. The van der Waals surface area contributed by atoms with Gasteiger partial charge in [0.15, 0.2) is 0 Å². The van der Waals surface area contributed by atoms with Gasteiger partial charge in [0.25, 0.3) is 0 Å². The van der Waals surface area contributed by atoms with Crippen LogP contribution >= 0.6 is 0 Å². The van der Waals surface area contributed by atoms with E-state index in [2.05, 4.69) is 36.2 Å². The van der Waals surface area contributed by atoms with E-state index >= 15 is 0 Å². The zero-order valence-electron chi connectivity index (χ0n) is 14.6. The van der Waals surface area contributed by atoms with E-state index in [1.165, 1.54) is 24.9 Å². The Morgan fingerprint density at radius 2 is 2.09 bits per heavy atom. The summed E-state index contributed by atoms with van der Waals surface area (Å²) in [6.45, 7) is 8.72. The van der Waals surface area contributed by atoms with Crippen LogP contribution in [0.15, 0.2) is 24.3 Å². The molecule has 0 saturated carbocycles. The van der Waals surface area contributed by atoms with E-state index in [4.69, 9.17) is 9.47 Å². The van der Waals surface area contributed by atoms with Crippen LogP contribution in [-0.2, 0) is 4.74 Å². The fraction of sp³-hybridized carbons (Fsp3) is 0.684. The van der Waals surface area contributed by atoms with Crippen molar-refractivity contribution in [2.45, 2.75) is 50.8 Å². The molecule has 4 nitrogen and oxygen atoms in total. The Labute approximate surface area is 140 Å². The second kappa shape index (κ2) is 7.65. The second-order valence-electron chi connectivity index (χ2n) is 7.01. The third kappa shape index (κ3) is 4.06. The molecule has 23 heavy (non-hydrogen) atoms. The lowest BCUT2D eigenvalue weighted by molar-refractivity contribution is -0.0478.